The van der Waals surface area contributed by atoms with Crippen LogP contribution in [0.3, 0.4) is 0 Å². The molecule has 0 bridgehead atoms. The molecule has 0 N–H and O–H groups in total. The molecule has 0 spiro atoms. The van der Waals surface area contributed by atoms with Crippen molar-refractivity contribution in [1.29, 1.82) is 0 Å². The average Bonchev–Trinajstić information content (AvgIpc) is 2.69. The maximum atomic E-state index is 13.0. The van der Waals surface area contributed by atoms with E-state index in [4.69, 9.17) is 9.47 Å². The Labute approximate surface area is 168 Å². The summed E-state index contributed by atoms with van der Waals surface area (Å²) in [5.41, 5.74) is -5.27. The number of sulfone groups is 1. The molecule has 0 aliphatic carbocycles. The van der Waals surface area contributed by atoms with Gasteiger partial charge in [0.05, 0.1) is 17.2 Å². The zero-order valence-corrected chi connectivity index (χ0v) is 16.7. The van der Waals surface area contributed by atoms with Gasteiger partial charge in [0.25, 0.3) is 9.84 Å². The number of alkyl halides is 3. The Balaban J connectivity index is 1.73. The molecule has 1 heterocycles. The summed E-state index contributed by atoms with van der Waals surface area (Å²) in [5, 5.41) is 0. The Morgan fingerprint density at radius 3 is 2.21 bits per heavy atom. The number of nitrogens with zero attached hydrogens (tertiary/aromatic N) is 1. The van der Waals surface area contributed by atoms with Gasteiger partial charge in [-0.2, -0.15) is 13.2 Å². The molecule has 0 amide bonds. The van der Waals surface area contributed by atoms with E-state index in [9.17, 15) is 21.6 Å². The van der Waals surface area contributed by atoms with Crippen molar-refractivity contribution >= 4 is 15.5 Å². The fourth-order valence-electron chi connectivity index (χ4n) is 3.29. The van der Waals surface area contributed by atoms with Crippen LogP contribution in [0.2, 0.25) is 0 Å². The van der Waals surface area contributed by atoms with Crippen LogP contribution >= 0.6 is 0 Å². The summed E-state index contributed by atoms with van der Waals surface area (Å²) in [6.07, 6.45) is 0.945. The fourth-order valence-corrected chi connectivity index (χ4v) is 4.27. The van der Waals surface area contributed by atoms with Crippen molar-refractivity contribution in [2.24, 2.45) is 0 Å². The largest absolute Gasteiger partial charge is 0.501 e. The third-order valence-corrected chi connectivity index (χ3v) is 6.22. The van der Waals surface area contributed by atoms with Crippen LogP contribution in [0.4, 0.5) is 18.9 Å². The van der Waals surface area contributed by atoms with E-state index >= 15 is 0 Å². The van der Waals surface area contributed by atoms with E-state index in [1.807, 2.05) is 31.2 Å². The number of hydrogen-bond donors (Lipinski definition) is 0. The highest BCUT2D eigenvalue weighted by atomic mass is 32.2. The number of ether oxygens (including phenoxy) is 2. The molecule has 1 aliphatic rings. The van der Waals surface area contributed by atoms with Crippen molar-refractivity contribution in [3.05, 3.63) is 48.5 Å². The lowest BCUT2D eigenvalue weighted by Gasteiger charge is -2.34. The number of hydrogen-bond acceptors (Lipinski definition) is 5. The van der Waals surface area contributed by atoms with Gasteiger partial charge in [0, 0.05) is 25.9 Å². The highest BCUT2D eigenvalue weighted by molar-refractivity contribution is 7.92. The van der Waals surface area contributed by atoms with Gasteiger partial charge in [-0.1, -0.05) is 24.3 Å². The zero-order valence-electron chi connectivity index (χ0n) is 15.9. The normalized spacial score (nSPS) is 15.9. The van der Waals surface area contributed by atoms with Crippen LogP contribution < -0.4 is 14.4 Å². The summed E-state index contributed by atoms with van der Waals surface area (Å²) < 4.78 is 74.5. The van der Waals surface area contributed by atoms with E-state index < -0.39 is 20.2 Å². The predicted molar refractivity (Wildman–Crippen MR) is 103 cm³/mol. The van der Waals surface area contributed by atoms with Gasteiger partial charge in [-0.05, 0) is 31.2 Å². The lowest BCUT2D eigenvalue weighted by Crippen LogP contribution is -2.39. The molecule has 29 heavy (non-hydrogen) atoms. The monoisotopic (exact) mass is 429 g/mol. The molecule has 1 fully saturated rings. The van der Waals surface area contributed by atoms with Crippen LogP contribution in [-0.2, 0) is 9.84 Å². The number of piperidine rings is 1. The van der Waals surface area contributed by atoms with E-state index in [1.165, 1.54) is 18.2 Å². The summed E-state index contributed by atoms with van der Waals surface area (Å²) in [6.45, 7) is 3.14. The molecule has 5 nitrogen and oxygen atoms in total. The molecule has 0 saturated carbocycles. The van der Waals surface area contributed by atoms with Crippen molar-refractivity contribution in [1.82, 2.24) is 0 Å². The van der Waals surface area contributed by atoms with Gasteiger partial charge in [0.1, 0.15) is 6.10 Å². The number of benzene rings is 2. The summed E-state index contributed by atoms with van der Waals surface area (Å²) in [5.74, 6) is 1.26. The second-order valence-corrected chi connectivity index (χ2v) is 8.51. The first-order chi connectivity index (χ1) is 13.7. The van der Waals surface area contributed by atoms with Crippen LogP contribution in [-0.4, -0.2) is 39.7 Å². The first-order valence-corrected chi connectivity index (χ1v) is 10.8. The van der Waals surface area contributed by atoms with Crippen LogP contribution in [0.5, 0.6) is 11.5 Å². The Kier molecular flexibility index (Phi) is 6.26. The maximum absolute atomic E-state index is 13.0. The molecule has 3 rings (SSSR count). The minimum absolute atomic E-state index is 0.0676. The molecule has 0 atom stereocenters. The molecule has 0 aromatic heterocycles. The predicted octanol–water partition coefficient (Wildman–Crippen LogP) is 4.43. The molecule has 158 valence electrons. The van der Waals surface area contributed by atoms with Crippen LogP contribution in [0.1, 0.15) is 19.8 Å². The zero-order chi connectivity index (χ0) is 21.1. The standard InChI is InChI=1S/C20H22F3NO4S/c1-2-27-17-8-4-5-9-18(17)28-15-11-13-24(14-12-15)16-7-3-6-10-19(16)29(25,26)20(21,22)23/h3-10,15H,2,11-14H2,1H3. The first kappa shape index (κ1) is 21.3. The molecule has 2 aromatic carbocycles. The molecule has 2 aromatic rings. The van der Waals surface area contributed by atoms with E-state index in [0.29, 0.717) is 44.0 Å². The van der Waals surface area contributed by atoms with Crippen molar-refractivity contribution in [2.45, 2.75) is 36.3 Å². The van der Waals surface area contributed by atoms with E-state index in [-0.39, 0.29) is 11.8 Å². The van der Waals surface area contributed by atoms with Crippen LogP contribution in [0, 0.1) is 0 Å². The first-order valence-electron chi connectivity index (χ1n) is 9.28. The molecule has 1 saturated heterocycles. The number of rotatable bonds is 6. The third-order valence-electron chi connectivity index (χ3n) is 4.68. The number of para-hydroxylation sites is 3. The van der Waals surface area contributed by atoms with Gasteiger partial charge >= 0.3 is 5.51 Å². The van der Waals surface area contributed by atoms with Gasteiger partial charge in [0.2, 0.25) is 0 Å². The fraction of sp³-hybridized carbons (Fsp3) is 0.400. The van der Waals surface area contributed by atoms with E-state index in [0.717, 1.165) is 6.07 Å². The van der Waals surface area contributed by atoms with Gasteiger partial charge in [-0.25, -0.2) is 8.42 Å². The summed E-state index contributed by atoms with van der Waals surface area (Å²) in [6, 6.07) is 12.5. The van der Waals surface area contributed by atoms with Crippen molar-refractivity contribution in [3.8, 4) is 11.5 Å². The second kappa shape index (κ2) is 8.52. The lowest BCUT2D eigenvalue weighted by molar-refractivity contribution is -0.0435. The lowest BCUT2D eigenvalue weighted by atomic mass is 10.1. The minimum Gasteiger partial charge on any atom is -0.490 e. The minimum atomic E-state index is -5.42. The van der Waals surface area contributed by atoms with Crippen molar-refractivity contribution in [2.75, 3.05) is 24.6 Å². The Morgan fingerprint density at radius 1 is 1.00 bits per heavy atom. The van der Waals surface area contributed by atoms with E-state index in [1.54, 1.807) is 4.90 Å². The highest BCUT2D eigenvalue weighted by Crippen LogP contribution is 2.37. The van der Waals surface area contributed by atoms with Gasteiger partial charge in [-0.15, -0.1) is 0 Å². The van der Waals surface area contributed by atoms with Crippen LogP contribution in [0.25, 0.3) is 0 Å². The average molecular weight is 429 g/mol. The Morgan fingerprint density at radius 2 is 1.59 bits per heavy atom. The van der Waals surface area contributed by atoms with Gasteiger partial charge in [-0.3, -0.25) is 0 Å². The van der Waals surface area contributed by atoms with Crippen molar-refractivity contribution < 1.29 is 31.1 Å². The summed E-state index contributed by atoms with van der Waals surface area (Å²) in [7, 11) is -5.42. The molecule has 1 aliphatic heterocycles. The van der Waals surface area contributed by atoms with Crippen molar-refractivity contribution in [3.63, 3.8) is 0 Å². The number of anilines is 1. The Hall–Kier alpha value is -2.42. The Bertz CT molecular complexity index is 939. The SMILES string of the molecule is CCOc1ccccc1OC1CCN(c2ccccc2S(=O)(=O)C(F)(F)F)CC1. The molecular weight excluding hydrogens is 407 g/mol. The maximum Gasteiger partial charge on any atom is 0.501 e. The highest BCUT2D eigenvalue weighted by Gasteiger charge is 2.48. The van der Waals surface area contributed by atoms with Gasteiger partial charge in [0.15, 0.2) is 11.5 Å². The third kappa shape index (κ3) is 4.60. The molecule has 0 radical (unpaired) electrons. The second-order valence-electron chi connectivity index (χ2n) is 6.60. The summed E-state index contributed by atoms with van der Waals surface area (Å²) >= 11 is 0. The van der Waals surface area contributed by atoms with Gasteiger partial charge < -0.3 is 14.4 Å². The summed E-state index contributed by atoms with van der Waals surface area (Å²) in [4.78, 5) is 0.945. The number of halogens is 3. The molecular formula is C20H22F3NO4S. The van der Waals surface area contributed by atoms with Crippen LogP contribution in [0.15, 0.2) is 53.4 Å². The topological polar surface area (TPSA) is 55.8 Å². The molecule has 0 unspecified atom stereocenters. The smallest absolute Gasteiger partial charge is 0.490 e. The quantitative estimate of drug-likeness (QED) is 0.680. The van der Waals surface area contributed by atoms with E-state index in [2.05, 4.69) is 0 Å². The molecule has 9 heteroatoms.